The number of sulfone groups is 1. The van der Waals surface area contributed by atoms with Crippen LogP contribution in [0.25, 0.3) is 0 Å². The summed E-state index contributed by atoms with van der Waals surface area (Å²) in [6.45, 7) is 1.85. The maximum atomic E-state index is 11.8. The molecule has 1 N–H and O–H groups in total. The first-order chi connectivity index (χ1) is 7.17. The molecule has 8 heteroatoms. The molecule has 1 saturated heterocycles. The van der Waals surface area contributed by atoms with Crippen LogP contribution >= 0.6 is 0 Å². The molecule has 0 amide bonds. The van der Waals surface area contributed by atoms with E-state index in [2.05, 4.69) is 0 Å². The minimum absolute atomic E-state index is 0.0549. The van der Waals surface area contributed by atoms with Crippen LogP contribution in [0.4, 0.5) is 0 Å². The molecule has 1 fully saturated rings. The molecule has 0 radical (unpaired) electrons. The van der Waals surface area contributed by atoms with Gasteiger partial charge in [-0.15, -0.1) is 0 Å². The van der Waals surface area contributed by atoms with Gasteiger partial charge in [0.25, 0.3) is 0 Å². The molecule has 0 aromatic carbocycles. The van der Waals surface area contributed by atoms with Crippen LogP contribution < -0.4 is 0 Å². The lowest BCUT2D eigenvalue weighted by atomic mass is 10.0. The van der Waals surface area contributed by atoms with Crippen molar-refractivity contribution in [2.24, 2.45) is 5.92 Å². The van der Waals surface area contributed by atoms with Crippen molar-refractivity contribution >= 4 is 19.9 Å². The summed E-state index contributed by atoms with van der Waals surface area (Å²) in [7, 11) is -7.41. The van der Waals surface area contributed by atoms with Crippen molar-refractivity contribution < 1.29 is 21.9 Å². The van der Waals surface area contributed by atoms with Gasteiger partial charge in [-0.2, -0.15) is 4.31 Å². The molecule has 1 rings (SSSR count). The Morgan fingerprint density at radius 1 is 1.31 bits per heavy atom. The zero-order valence-corrected chi connectivity index (χ0v) is 11.0. The van der Waals surface area contributed by atoms with Crippen LogP contribution in [0, 0.1) is 5.92 Å². The Balaban J connectivity index is 2.93. The van der Waals surface area contributed by atoms with Gasteiger partial charge in [-0.05, 0) is 12.3 Å². The molecule has 0 aromatic rings. The number of nitrogens with zero attached hydrogens (tertiary/aromatic N) is 1. The molecule has 2 atom stereocenters. The molecule has 0 bridgehead atoms. The van der Waals surface area contributed by atoms with Gasteiger partial charge < -0.3 is 5.11 Å². The standard InChI is InChI=1S/C8H17NO5S2/c1-7-3-4-9(8(7)5-10)16(13,14)6-15(2,11)12/h7-8,10H,3-6H2,1-2H3. The van der Waals surface area contributed by atoms with Gasteiger partial charge in [0, 0.05) is 12.8 Å². The van der Waals surface area contributed by atoms with Gasteiger partial charge in [0.15, 0.2) is 14.9 Å². The van der Waals surface area contributed by atoms with Crippen molar-refractivity contribution in [3.63, 3.8) is 0 Å². The molecule has 0 spiro atoms. The largest absolute Gasteiger partial charge is 0.395 e. The first-order valence-electron chi connectivity index (χ1n) is 4.95. The third-order valence-electron chi connectivity index (χ3n) is 2.74. The zero-order chi connectivity index (χ0) is 12.6. The van der Waals surface area contributed by atoms with E-state index in [-0.39, 0.29) is 19.1 Å². The van der Waals surface area contributed by atoms with E-state index in [1.165, 1.54) is 0 Å². The topological polar surface area (TPSA) is 91.8 Å². The second-order valence-corrected chi connectivity index (χ2v) is 8.71. The summed E-state index contributed by atoms with van der Waals surface area (Å²) in [5, 5.41) is 8.23. The van der Waals surface area contributed by atoms with Crippen molar-refractivity contribution in [1.82, 2.24) is 4.31 Å². The molecule has 0 aromatic heterocycles. The van der Waals surface area contributed by atoms with Crippen molar-refractivity contribution in [3.8, 4) is 0 Å². The summed E-state index contributed by atoms with van der Waals surface area (Å²) in [6, 6.07) is -0.494. The number of sulfonamides is 1. The van der Waals surface area contributed by atoms with E-state index in [9.17, 15) is 16.8 Å². The monoisotopic (exact) mass is 271 g/mol. The van der Waals surface area contributed by atoms with Crippen molar-refractivity contribution in [3.05, 3.63) is 0 Å². The molecule has 16 heavy (non-hydrogen) atoms. The van der Waals surface area contributed by atoms with Crippen LogP contribution in [0.1, 0.15) is 13.3 Å². The van der Waals surface area contributed by atoms with E-state index in [1.54, 1.807) is 0 Å². The fourth-order valence-corrected chi connectivity index (χ4v) is 5.70. The van der Waals surface area contributed by atoms with Gasteiger partial charge in [-0.3, -0.25) is 0 Å². The van der Waals surface area contributed by atoms with Gasteiger partial charge >= 0.3 is 0 Å². The minimum atomic E-state index is -3.83. The van der Waals surface area contributed by atoms with Gasteiger partial charge in [0.2, 0.25) is 10.0 Å². The highest BCUT2D eigenvalue weighted by Crippen LogP contribution is 2.26. The maximum absolute atomic E-state index is 11.8. The Bertz CT molecular complexity index is 441. The SMILES string of the molecule is CC1CCN(S(=O)(=O)CS(C)(=O)=O)C1CO. The van der Waals surface area contributed by atoms with Gasteiger partial charge in [0.05, 0.1) is 12.6 Å². The van der Waals surface area contributed by atoms with E-state index in [0.29, 0.717) is 6.42 Å². The Hall–Kier alpha value is -0.180. The van der Waals surface area contributed by atoms with Crippen LogP contribution in [0.5, 0.6) is 0 Å². The number of hydrogen-bond acceptors (Lipinski definition) is 5. The average Bonchev–Trinajstić information content (AvgIpc) is 2.42. The summed E-state index contributed by atoms with van der Waals surface area (Å²) in [4.78, 5) is 0. The number of aliphatic hydroxyl groups is 1. The first-order valence-corrected chi connectivity index (χ1v) is 8.62. The summed E-state index contributed by atoms with van der Waals surface area (Å²) in [6.07, 6.45) is 1.53. The molecule has 1 heterocycles. The summed E-state index contributed by atoms with van der Waals surface area (Å²) in [5.74, 6) is 0.0549. The highest BCUT2D eigenvalue weighted by atomic mass is 32.3. The van der Waals surface area contributed by atoms with Gasteiger partial charge in [-0.1, -0.05) is 6.92 Å². The normalized spacial score (nSPS) is 28.4. The van der Waals surface area contributed by atoms with E-state index < -0.39 is 31.0 Å². The van der Waals surface area contributed by atoms with E-state index in [0.717, 1.165) is 10.6 Å². The Morgan fingerprint density at radius 2 is 1.88 bits per heavy atom. The van der Waals surface area contributed by atoms with Gasteiger partial charge in [-0.25, -0.2) is 16.8 Å². The second-order valence-electron chi connectivity index (χ2n) is 4.28. The lowest BCUT2D eigenvalue weighted by Gasteiger charge is -2.23. The molecule has 0 saturated carbocycles. The predicted molar refractivity (Wildman–Crippen MR) is 60.0 cm³/mol. The Morgan fingerprint density at radius 3 is 2.31 bits per heavy atom. The Kier molecular flexibility index (Phi) is 3.99. The van der Waals surface area contributed by atoms with Crippen LogP contribution in [-0.2, 0) is 19.9 Å². The molecular formula is C8H17NO5S2. The van der Waals surface area contributed by atoms with E-state index >= 15 is 0 Å². The third-order valence-corrected chi connectivity index (χ3v) is 6.81. The van der Waals surface area contributed by atoms with Crippen molar-refractivity contribution in [1.29, 1.82) is 0 Å². The smallest absolute Gasteiger partial charge is 0.228 e. The molecule has 96 valence electrons. The maximum Gasteiger partial charge on any atom is 0.228 e. The number of aliphatic hydroxyl groups excluding tert-OH is 1. The predicted octanol–water partition coefficient (Wildman–Crippen LogP) is -0.979. The van der Waals surface area contributed by atoms with Crippen LogP contribution in [0.3, 0.4) is 0 Å². The number of hydrogen-bond donors (Lipinski definition) is 1. The van der Waals surface area contributed by atoms with Crippen molar-refractivity contribution in [2.75, 3.05) is 24.5 Å². The molecule has 0 aliphatic carbocycles. The summed E-state index contributed by atoms with van der Waals surface area (Å²) in [5.41, 5.74) is 0. The quantitative estimate of drug-likeness (QED) is 0.709. The van der Waals surface area contributed by atoms with Crippen molar-refractivity contribution in [2.45, 2.75) is 19.4 Å². The average molecular weight is 271 g/mol. The van der Waals surface area contributed by atoms with Crippen LogP contribution in [0.15, 0.2) is 0 Å². The molecular weight excluding hydrogens is 254 g/mol. The summed E-state index contributed by atoms with van der Waals surface area (Å²) >= 11 is 0. The molecule has 6 nitrogen and oxygen atoms in total. The Labute approximate surface area is 96.2 Å². The lowest BCUT2D eigenvalue weighted by Crippen LogP contribution is -2.42. The lowest BCUT2D eigenvalue weighted by molar-refractivity contribution is 0.191. The first kappa shape index (κ1) is 13.9. The highest BCUT2D eigenvalue weighted by molar-refractivity contribution is 8.06. The van der Waals surface area contributed by atoms with E-state index in [4.69, 9.17) is 5.11 Å². The highest BCUT2D eigenvalue weighted by Gasteiger charge is 2.39. The number of rotatable bonds is 4. The van der Waals surface area contributed by atoms with Crippen LogP contribution in [-0.4, -0.2) is 56.8 Å². The molecule has 1 aliphatic heterocycles. The van der Waals surface area contributed by atoms with E-state index in [1.807, 2.05) is 6.92 Å². The zero-order valence-electron chi connectivity index (χ0n) is 9.33. The third kappa shape index (κ3) is 3.16. The van der Waals surface area contributed by atoms with Crippen LogP contribution in [0.2, 0.25) is 0 Å². The van der Waals surface area contributed by atoms with Gasteiger partial charge in [0.1, 0.15) is 0 Å². The summed E-state index contributed by atoms with van der Waals surface area (Å²) < 4.78 is 46.7. The fraction of sp³-hybridized carbons (Fsp3) is 1.00. The minimum Gasteiger partial charge on any atom is -0.395 e. The second kappa shape index (κ2) is 4.59. The fourth-order valence-electron chi connectivity index (χ4n) is 1.93. The molecule has 2 unspecified atom stereocenters. The molecule has 1 aliphatic rings.